The van der Waals surface area contributed by atoms with Crippen LogP contribution in [0.3, 0.4) is 0 Å². The van der Waals surface area contributed by atoms with E-state index in [4.69, 9.17) is 22.1 Å². The summed E-state index contributed by atoms with van der Waals surface area (Å²) in [6.07, 6.45) is -0.423. The first-order chi connectivity index (χ1) is 9.71. The van der Waals surface area contributed by atoms with Gasteiger partial charge in [0, 0.05) is 30.6 Å². The number of nitrogens with two attached hydrogens (primary N) is 1. The van der Waals surface area contributed by atoms with Crippen LogP contribution in [0.5, 0.6) is 0 Å². The Kier molecular flexibility index (Phi) is 6.93. The summed E-state index contributed by atoms with van der Waals surface area (Å²) in [4.78, 5) is 14.9. The Morgan fingerprint density at radius 1 is 1.52 bits per heavy atom. The molecule has 0 aliphatic carbocycles. The number of hydrogen-bond acceptors (Lipinski definition) is 5. The monoisotopic (exact) mass is 333 g/mol. The Balaban J connectivity index is 2.45. The summed E-state index contributed by atoms with van der Waals surface area (Å²) in [5.41, 5.74) is 5.29. The number of rotatable bonds is 6. The van der Waals surface area contributed by atoms with Crippen molar-refractivity contribution in [2.75, 3.05) is 20.1 Å². The lowest BCUT2D eigenvalue weighted by molar-refractivity contribution is 0.0511. The van der Waals surface area contributed by atoms with Crippen molar-refractivity contribution in [3.8, 4) is 0 Å². The molecule has 5 nitrogen and oxygen atoms in total. The minimum atomic E-state index is -0.498. The molecule has 7 heteroatoms. The van der Waals surface area contributed by atoms with Crippen LogP contribution in [0.4, 0.5) is 4.79 Å². The molecule has 1 heterocycles. The van der Waals surface area contributed by atoms with Crippen LogP contribution in [-0.2, 0) is 11.3 Å². The van der Waals surface area contributed by atoms with Gasteiger partial charge in [-0.05, 0) is 40.0 Å². The fraction of sp³-hybridized carbons (Fsp3) is 0.643. The standard InChI is InChI=1S/C14H24ClN3O2S/c1-14(2,3)20-13(19)17-8-10(7-16)18(4)9-11-5-6-12(15)21-11/h5-6,10H,7-9,16H2,1-4H3,(H,17,19). The molecule has 1 atom stereocenters. The van der Waals surface area contributed by atoms with Gasteiger partial charge in [-0.1, -0.05) is 11.6 Å². The van der Waals surface area contributed by atoms with Gasteiger partial charge in [0.15, 0.2) is 0 Å². The molecule has 3 N–H and O–H groups in total. The Hall–Kier alpha value is -0.820. The molecule has 1 amide bonds. The first-order valence-corrected chi connectivity index (χ1v) is 8.02. The zero-order valence-corrected chi connectivity index (χ0v) is 14.6. The normalized spacial score (nSPS) is 13.3. The molecule has 1 unspecified atom stereocenters. The van der Waals surface area contributed by atoms with Gasteiger partial charge in [-0.3, -0.25) is 4.90 Å². The fourth-order valence-corrected chi connectivity index (χ4v) is 2.90. The third kappa shape index (κ3) is 7.13. The number of halogens is 1. The highest BCUT2D eigenvalue weighted by molar-refractivity contribution is 7.16. The predicted molar refractivity (Wildman–Crippen MR) is 87.9 cm³/mol. The summed E-state index contributed by atoms with van der Waals surface area (Å²) in [5.74, 6) is 0. The van der Waals surface area contributed by atoms with E-state index in [0.717, 1.165) is 10.9 Å². The Morgan fingerprint density at radius 2 is 2.19 bits per heavy atom. The first kappa shape index (κ1) is 18.2. The van der Waals surface area contributed by atoms with E-state index >= 15 is 0 Å². The number of hydrogen-bond donors (Lipinski definition) is 2. The number of carbonyl (C=O) groups excluding carboxylic acids is 1. The minimum Gasteiger partial charge on any atom is -0.444 e. The number of amides is 1. The van der Waals surface area contributed by atoms with Crippen LogP contribution in [0, 0.1) is 0 Å². The molecule has 120 valence electrons. The molecule has 0 spiro atoms. The largest absolute Gasteiger partial charge is 0.444 e. The Labute approximate surface area is 135 Å². The lowest BCUT2D eigenvalue weighted by atomic mass is 10.2. The van der Waals surface area contributed by atoms with Crippen molar-refractivity contribution in [2.45, 2.75) is 39.0 Å². The van der Waals surface area contributed by atoms with Crippen molar-refractivity contribution in [3.63, 3.8) is 0 Å². The number of nitrogens with one attached hydrogen (secondary N) is 1. The molecular weight excluding hydrogens is 310 g/mol. The molecule has 0 fully saturated rings. The lowest BCUT2D eigenvalue weighted by Gasteiger charge is -2.27. The SMILES string of the molecule is CN(Cc1ccc(Cl)s1)C(CN)CNC(=O)OC(C)(C)C. The molecule has 0 aromatic carbocycles. The van der Waals surface area contributed by atoms with Gasteiger partial charge in [0.05, 0.1) is 4.34 Å². The highest BCUT2D eigenvalue weighted by Gasteiger charge is 2.19. The maximum atomic E-state index is 11.7. The van der Waals surface area contributed by atoms with Gasteiger partial charge in [0.25, 0.3) is 0 Å². The molecule has 1 aromatic heterocycles. The van der Waals surface area contributed by atoms with E-state index in [9.17, 15) is 4.79 Å². The average Bonchev–Trinajstić information content (AvgIpc) is 2.73. The van der Waals surface area contributed by atoms with E-state index in [1.54, 1.807) is 11.3 Å². The number of thiophene rings is 1. The lowest BCUT2D eigenvalue weighted by Crippen LogP contribution is -2.46. The molecule has 21 heavy (non-hydrogen) atoms. The summed E-state index contributed by atoms with van der Waals surface area (Å²) in [6.45, 7) is 7.14. The van der Waals surface area contributed by atoms with E-state index in [0.29, 0.717) is 13.1 Å². The summed E-state index contributed by atoms with van der Waals surface area (Å²) >= 11 is 7.47. The van der Waals surface area contributed by atoms with Gasteiger partial charge in [-0.15, -0.1) is 11.3 Å². The second kappa shape index (κ2) is 7.98. The highest BCUT2D eigenvalue weighted by Crippen LogP contribution is 2.22. The molecule has 1 rings (SSSR count). The molecule has 0 aliphatic heterocycles. The maximum absolute atomic E-state index is 11.7. The van der Waals surface area contributed by atoms with Crippen molar-refractivity contribution in [2.24, 2.45) is 5.73 Å². The van der Waals surface area contributed by atoms with Gasteiger partial charge >= 0.3 is 6.09 Å². The van der Waals surface area contributed by atoms with Crippen LogP contribution < -0.4 is 11.1 Å². The summed E-state index contributed by atoms with van der Waals surface area (Å²) in [7, 11) is 1.97. The Morgan fingerprint density at radius 3 is 2.67 bits per heavy atom. The topological polar surface area (TPSA) is 67.6 Å². The van der Waals surface area contributed by atoms with E-state index < -0.39 is 11.7 Å². The molecule has 0 bridgehead atoms. The van der Waals surface area contributed by atoms with Gasteiger partial charge in [0.1, 0.15) is 5.60 Å². The summed E-state index contributed by atoms with van der Waals surface area (Å²) in [6, 6.07) is 3.92. The number of likely N-dealkylation sites (N-methyl/N-ethyl adjacent to an activating group) is 1. The molecule has 0 radical (unpaired) electrons. The molecule has 0 aliphatic rings. The van der Waals surface area contributed by atoms with Crippen molar-refractivity contribution in [1.29, 1.82) is 0 Å². The van der Waals surface area contributed by atoms with E-state index in [1.165, 1.54) is 4.88 Å². The summed E-state index contributed by atoms with van der Waals surface area (Å²) in [5, 5.41) is 2.76. The second-order valence-electron chi connectivity index (χ2n) is 5.89. The number of alkyl carbamates (subject to hydrolysis) is 1. The van der Waals surface area contributed by atoms with E-state index in [1.807, 2.05) is 40.0 Å². The first-order valence-electron chi connectivity index (χ1n) is 6.82. The Bertz CT molecular complexity index is 459. The van der Waals surface area contributed by atoms with E-state index in [-0.39, 0.29) is 6.04 Å². The molecular formula is C14H24ClN3O2S. The third-order valence-electron chi connectivity index (χ3n) is 2.81. The number of carbonyl (C=O) groups is 1. The van der Waals surface area contributed by atoms with Crippen molar-refractivity contribution in [1.82, 2.24) is 10.2 Å². The zero-order chi connectivity index (χ0) is 16.0. The minimum absolute atomic E-state index is 0.0402. The molecule has 1 aromatic rings. The van der Waals surface area contributed by atoms with Gasteiger partial charge in [-0.25, -0.2) is 4.79 Å². The van der Waals surface area contributed by atoms with Crippen LogP contribution in [-0.4, -0.2) is 42.8 Å². The van der Waals surface area contributed by atoms with Crippen molar-refractivity contribution in [3.05, 3.63) is 21.3 Å². The van der Waals surface area contributed by atoms with Crippen LogP contribution in [0.1, 0.15) is 25.6 Å². The third-order valence-corrected chi connectivity index (χ3v) is 4.03. The average molecular weight is 334 g/mol. The quantitative estimate of drug-likeness (QED) is 0.840. The van der Waals surface area contributed by atoms with Gasteiger partial charge < -0.3 is 15.8 Å². The number of nitrogens with zero attached hydrogens (tertiary/aromatic N) is 1. The molecule has 0 saturated heterocycles. The van der Waals surface area contributed by atoms with Crippen LogP contribution in [0.15, 0.2) is 12.1 Å². The smallest absolute Gasteiger partial charge is 0.407 e. The predicted octanol–water partition coefficient (Wildman–Crippen LogP) is 2.69. The summed E-state index contributed by atoms with van der Waals surface area (Å²) < 4.78 is 5.98. The van der Waals surface area contributed by atoms with Crippen molar-refractivity contribution >= 4 is 29.0 Å². The maximum Gasteiger partial charge on any atom is 0.407 e. The van der Waals surface area contributed by atoms with Crippen LogP contribution >= 0.6 is 22.9 Å². The van der Waals surface area contributed by atoms with Gasteiger partial charge in [0.2, 0.25) is 0 Å². The fourth-order valence-electron chi connectivity index (χ4n) is 1.75. The van der Waals surface area contributed by atoms with Crippen molar-refractivity contribution < 1.29 is 9.53 Å². The highest BCUT2D eigenvalue weighted by atomic mass is 35.5. The number of ether oxygens (including phenoxy) is 1. The second-order valence-corrected chi connectivity index (χ2v) is 7.69. The van der Waals surface area contributed by atoms with Gasteiger partial charge in [-0.2, -0.15) is 0 Å². The van der Waals surface area contributed by atoms with Crippen LogP contribution in [0.2, 0.25) is 4.34 Å². The molecule has 0 saturated carbocycles. The zero-order valence-electron chi connectivity index (χ0n) is 13.0. The van der Waals surface area contributed by atoms with Crippen LogP contribution in [0.25, 0.3) is 0 Å². The van der Waals surface area contributed by atoms with E-state index in [2.05, 4.69) is 10.2 Å².